The van der Waals surface area contributed by atoms with Crippen LogP contribution < -0.4 is 15.0 Å². The molecular formula is C16H23N3OS. The fourth-order valence-corrected chi connectivity index (χ4v) is 3.01. The van der Waals surface area contributed by atoms with Gasteiger partial charge in [-0.1, -0.05) is 48.6 Å². The highest BCUT2D eigenvalue weighted by Crippen LogP contribution is 2.30. The van der Waals surface area contributed by atoms with Crippen LogP contribution in [0.2, 0.25) is 0 Å². The molecule has 2 rings (SSSR count). The molecule has 0 aliphatic heterocycles. The molecule has 0 saturated carbocycles. The van der Waals surface area contributed by atoms with Crippen molar-refractivity contribution in [2.45, 2.75) is 19.4 Å². The molecule has 0 aliphatic rings. The Hall–Kier alpha value is -1.59. The standard InChI is InChI=1S/C16H23N3OS/c1-12(13-8-6-5-7-9-13)10-17-11-14-15(20-4)18-16(21-14)19(2)3/h5-9,12,17H,10-11H2,1-4H3. The van der Waals surface area contributed by atoms with Crippen molar-refractivity contribution in [2.24, 2.45) is 0 Å². The summed E-state index contributed by atoms with van der Waals surface area (Å²) in [5.74, 6) is 1.21. The SMILES string of the molecule is COc1nc(N(C)C)sc1CNCC(C)c1ccccc1. The Kier molecular flexibility index (Phi) is 5.59. The predicted molar refractivity (Wildman–Crippen MR) is 89.6 cm³/mol. The summed E-state index contributed by atoms with van der Waals surface area (Å²) in [7, 11) is 5.66. The summed E-state index contributed by atoms with van der Waals surface area (Å²) in [4.78, 5) is 7.61. The molecule has 1 heterocycles. The second-order valence-electron chi connectivity index (χ2n) is 5.27. The van der Waals surface area contributed by atoms with Crippen LogP contribution in [0, 0.1) is 0 Å². The summed E-state index contributed by atoms with van der Waals surface area (Å²) in [6.07, 6.45) is 0. The van der Waals surface area contributed by atoms with Crippen molar-refractivity contribution >= 4 is 16.5 Å². The zero-order valence-electron chi connectivity index (χ0n) is 13.1. The molecule has 1 unspecified atom stereocenters. The highest BCUT2D eigenvalue weighted by molar-refractivity contribution is 7.15. The van der Waals surface area contributed by atoms with Gasteiger partial charge in [0.15, 0.2) is 5.13 Å². The summed E-state index contributed by atoms with van der Waals surface area (Å²) in [5.41, 5.74) is 1.36. The molecule has 0 saturated heterocycles. The zero-order chi connectivity index (χ0) is 15.2. The van der Waals surface area contributed by atoms with Crippen LogP contribution in [0.3, 0.4) is 0 Å². The van der Waals surface area contributed by atoms with E-state index in [2.05, 4.69) is 47.6 Å². The zero-order valence-corrected chi connectivity index (χ0v) is 13.9. The topological polar surface area (TPSA) is 37.4 Å². The van der Waals surface area contributed by atoms with E-state index in [4.69, 9.17) is 4.74 Å². The van der Waals surface area contributed by atoms with E-state index in [-0.39, 0.29) is 0 Å². The van der Waals surface area contributed by atoms with Crippen LogP contribution in [-0.2, 0) is 6.54 Å². The number of benzene rings is 1. The van der Waals surface area contributed by atoms with E-state index in [0.717, 1.165) is 29.0 Å². The van der Waals surface area contributed by atoms with Crippen LogP contribution in [0.15, 0.2) is 30.3 Å². The van der Waals surface area contributed by atoms with Crippen molar-refractivity contribution in [3.8, 4) is 5.88 Å². The van der Waals surface area contributed by atoms with Crippen LogP contribution in [0.5, 0.6) is 5.88 Å². The molecule has 0 aliphatic carbocycles. The molecule has 0 amide bonds. The van der Waals surface area contributed by atoms with E-state index >= 15 is 0 Å². The minimum atomic E-state index is 0.485. The molecule has 0 spiro atoms. The Morgan fingerprint density at radius 3 is 2.62 bits per heavy atom. The van der Waals surface area contributed by atoms with Gasteiger partial charge in [-0.2, -0.15) is 4.98 Å². The second-order valence-corrected chi connectivity index (χ2v) is 6.33. The van der Waals surface area contributed by atoms with Gasteiger partial charge in [-0.3, -0.25) is 0 Å². The molecule has 1 aromatic carbocycles. The molecule has 5 heteroatoms. The number of methoxy groups -OCH3 is 1. The van der Waals surface area contributed by atoms with Crippen molar-refractivity contribution in [1.82, 2.24) is 10.3 Å². The predicted octanol–water partition coefficient (Wildman–Crippen LogP) is 3.11. The van der Waals surface area contributed by atoms with Gasteiger partial charge in [0.05, 0.1) is 12.0 Å². The molecule has 21 heavy (non-hydrogen) atoms. The maximum absolute atomic E-state index is 5.35. The van der Waals surface area contributed by atoms with Gasteiger partial charge >= 0.3 is 0 Å². The third kappa shape index (κ3) is 4.19. The van der Waals surface area contributed by atoms with Gasteiger partial charge < -0.3 is 15.0 Å². The van der Waals surface area contributed by atoms with E-state index in [9.17, 15) is 0 Å². The Balaban J connectivity index is 1.91. The molecule has 2 aromatic rings. The van der Waals surface area contributed by atoms with Crippen molar-refractivity contribution < 1.29 is 4.74 Å². The van der Waals surface area contributed by atoms with Gasteiger partial charge in [-0.15, -0.1) is 0 Å². The van der Waals surface area contributed by atoms with Crippen LogP contribution in [0.4, 0.5) is 5.13 Å². The maximum Gasteiger partial charge on any atom is 0.230 e. The van der Waals surface area contributed by atoms with Crippen LogP contribution in [0.1, 0.15) is 23.3 Å². The van der Waals surface area contributed by atoms with Gasteiger partial charge in [0.1, 0.15) is 0 Å². The third-order valence-electron chi connectivity index (χ3n) is 3.33. The van der Waals surface area contributed by atoms with Gasteiger partial charge in [0.2, 0.25) is 5.88 Å². The Morgan fingerprint density at radius 2 is 2.00 bits per heavy atom. The lowest BCUT2D eigenvalue weighted by Crippen LogP contribution is -2.19. The molecule has 4 nitrogen and oxygen atoms in total. The normalized spacial score (nSPS) is 12.2. The van der Waals surface area contributed by atoms with Gasteiger partial charge in [-0.25, -0.2) is 0 Å². The molecule has 114 valence electrons. The summed E-state index contributed by atoms with van der Waals surface area (Å²) in [6, 6.07) is 10.6. The molecule has 0 bridgehead atoms. The van der Waals surface area contributed by atoms with E-state index in [1.165, 1.54) is 5.56 Å². The van der Waals surface area contributed by atoms with E-state index in [1.54, 1.807) is 18.4 Å². The Bertz CT molecular complexity index is 554. The van der Waals surface area contributed by atoms with Gasteiger partial charge in [-0.05, 0) is 11.5 Å². The van der Waals surface area contributed by atoms with Gasteiger partial charge in [0, 0.05) is 27.2 Å². The number of aromatic nitrogens is 1. The first kappa shape index (κ1) is 15.8. The van der Waals surface area contributed by atoms with Crippen LogP contribution >= 0.6 is 11.3 Å². The van der Waals surface area contributed by atoms with Crippen molar-refractivity contribution in [1.29, 1.82) is 0 Å². The summed E-state index contributed by atoms with van der Waals surface area (Å²) in [5, 5.41) is 4.47. The first-order chi connectivity index (χ1) is 10.1. The second kappa shape index (κ2) is 7.43. The average molecular weight is 305 g/mol. The minimum Gasteiger partial charge on any atom is -0.480 e. The first-order valence-corrected chi connectivity index (χ1v) is 7.90. The largest absolute Gasteiger partial charge is 0.480 e. The quantitative estimate of drug-likeness (QED) is 0.853. The van der Waals surface area contributed by atoms with Crippen LogP contribution in [0.25, 0.3) is 0 Å². The van der Waals surface area contributed by atoms with Crippen molar-refractivity contribution in [3.05, 3.63) is 40.8 Å². The van der Waals surface area contributed by atoms with E-state index < -0.39 is 0 Å². The Labute approximate surface area is 130 Å². The average Bonchev–Trinajstić information content (AvgIpc) is 2.91. The fourth-order valence-electron chi connectivity index (χ4n) is 2.09. The first-order valence-electron chi connectivity index (χ1n) is 7.08. The number of hydrogen-bond acceptors (Lipinski definition) is 5. The van der Waals surface area contributed by atoms with E-state index in [1.807, 2.05) is 19.0 Å². The molecule has 1 N–H and O–H groups in total. The number of hydrogen-bond donors (Lipinski definition) is 1. The number of anilines is 1. The fraction of sp³-hybridized carbons (Fsp3) is 0.438. The van der Waals surface area contributed by atoms with E-state index in [0.29, 0.717) is 5.92 Å². The highest BCUT2D eigenvalue weighted by atomic mass is 32.1. The maximum atomic E-state index is 5.35. The number of nitrogens with one attached hydrogen (secondary N) is 1. The lowest BCUT2D eigenvalue weighted by Gasteiger charge is -2.12. The monoisotopic (exact) mass is 305 g/mol. The summed E-state index contributed by atoms with van der Waals surface area (Å²) < 4.78 is 5.35. The number of nitrogens with zero attached hydrogens (tertiary/aromatic N) is 2. The van der Waals surface area contributed by atoms with Gasteiger partial charge in [0.25, 0.3) is 0 Å². The molecule has 1 aromatic heterocycles. The van der Waals surface area contributed by atoms with Crippen molar-refractivity contribution in [3.63, 3.8) is 0 Å². The lowest BCUT2D eigenvalue weighted by atomic mass is 10.0. The van der Waals surface area contributed by atoms with Crippen LogP contribution in [-0.4, -0.2) is 32.7 Å². The number of ether oxygens (including phenoxy) is 1. The highest BCUT2D eigenvalue weighted by Gasteiger charge is 2.13. The Morgan fingerprint density at radius 1 is 1.29 bits per heavy atom. The molecular weight excluding hydrogens is 282 g/mol. The van der Waals surface area contributed by atoms with Crippen molar-refractivity contribution in [2.75, 3.05) is 32.6 Å². The summed E-state index contributed by atoms with van der Waals surface area (Å²) in [6.45, 7) is 3.95. The minimum absolute atomic E-state index is 0.485. The third-order valence-corrected chi connectivity index (χ3v) is 4.54. The molecule has 1 atom stereocenters. The molecule has 0 fully saturated rings. The lowest BCUT2D eigenvalue weighted by molar-refractivity contribution is 0.394. The smallest absolute Gasteiger partial charge is 0.230 e. The number of rotatable bonds is 7. The molecule has 0 radical (unpaired) electrons. The summed E-state index contributed by atoms with van der Waals surface area (Å²) >= 11 is 1.67. The number of thiazole rings is 1.